The van der Waals surface area contributed by atoms with Crippen molar-refractivity contribution < 1.29 is 38.5 Å². The zero-order valence-electron chi connectivity index (χ0n) is 28.7. The molecule has 0 spiro atoms. The molecule has 2 N–H and O–H groups in total. The van der Waals surface area contributed by atoms with Gasteiger partial charge in [0.1, 0.15) is 24.1 Å². The molecule has 52 heavy (non-hydrogen) atoms. The Kier molecular flexibility index (Phi) is 10.9. The summed E-state index contributed by atoms with van der Waals surface area (Å²) in [4.78, 5) is 42.5. The number of nitrogens with zero attached hydrogens (tertiary/aromatic N) is 5. The summed E-state index contributed by atoms with van der Waals surface area (Å²) >= 11 is 0. The van der Waals surface area contributed by atoms with E-state index < -0.39 is 11.9 Å². The monoisotopic (exact) mass is 708 g/mol. The maximum Gasteiger partial charge on any atom is 0.255 e. The van der Waals surface area contributed by atoms with Crippen molar-refractivity contribution in [2.24, 2.45) is 5.16 Å². The van der Waals surface area contributed by atoms with Crippen molar-refractivity contribution in [2.75, 3.05) is 46.2 Å². The van der Waals surface area contributed by atoms with Gasteiger partial charge in [-0.25, -0.2) is 0 Å². The van der Waals surface area contributed by atoms with E-state index in [0.29, 0.717) is 63.9 Å². The van der Waals surface area contributed by atoms with Gasteiger partial charge in [-0.05, 0) is 54.7 Å². The Labute approximate surface area is 300 Å². The molecule has 1 unspecified atom stereocenters. The van der Waals surface area contributed by atoms with E-state index in [-0.39, 0.29) is 31.4 Å². The first-order chi connectivity index (χ1) is 25.5. The number of piperidine rings is 1. The fourth-order valence-corrected chi connectivity index (χ4v) is 6.81. The topological polar surface area (TPSA) is 167 Å². The van der Waals surface area contributed by atoms with Crippen LogP contribution in [0.1, 0.15) is 46.3 Å². The molecular formula is C38H40N6O8. The summed E-state index contributed by atoms with van der Waals surface area (Å²) in [5.74, 6) is -0.417. The molecule has 0 bridgehead atoms. The predicted molar refractivity (Wildman–Crippen MR) is 188 cm³/mol. The van der Waals surface area contributed by atoms with E-state index in [4.69, 9.17) is 24.0 Å². The van der Waals surface area contributed by atoms with Crippen molar-refractivity contribution in [3.8, 4) is 28.1 Å². The molecule has 14 nitrogen and oxygen atoms in total. The molecule has 2 aromatic carbocycles. The van der Waals surface area contributed by atoms with Crippen molar-refractivity contribution in [1.82, 2.24) is 25.0 Å². The number of hydrogen-bond acceptors (Lipinski definition) is 11. The Hall–Kier alpha value is -5.44. The van der Waals surface area contributed by atoms with Crippen LogP contribution in [0.25, 0.3) is 22.4 Å². The van der Waals surface area contributed by atoms with Crippen LogP contribution in [0.5, 0.6) is 5.75 Å². The highest BCUT2D eigenvalue weighted by Crippen LogP contribution is 2.35. The van der Waals surface area contributed by atoms with Crippen molar-refractivity contribution in [3.63, 3.8) is 0 Å². The van der Waals surface area contributed by atoms with Crippen LogP contribution in [-0.2, 0) is 43.3 Å². The number of hydrogen-bond donors (Lipinski definition) is 2. The first-order valence-corrected chi connectivity index (χ1v) is 17.4. The van der Waals surface area contributed by atoms with Crippen LogP contribution in [0.4, 0.5) is 0 Å². The van der Waals surface area contributed by atoms with Gasteiger partial charge >= 0.3 is 0 Å². The molecule has 0 radical (unpaired) electrons. The fraction of sp³-hybridized carbons (Fsp3) is 0.368. The Morgan fingerprint density at radius 2 is 1.60 bits per heavy atom. The second kappa shape index (κ2) is 16.3. The SMILES string of the molecule is O=C1CCC(N2Cc3c(OCCOCCOCCOCCn4cc(-c5ccc6c(c5)CC/C6=N\O)c(-c5ccncc5)n4)cccc3C2=O)C(=O)N1. The Morgan fingerprint density at radius 1 is 0.827 bits per heavy atom. The van der Waals surface area contributed by atoms with Crippen molar-refractivity contribution in [2.45, 2.75) is 44.8 Å². The third-order valence-corrected chi connectivity index (χ3v) is 9.43. The molecule has 7 rings (SSSR count). The number of imide groups is 1. The minimum atomic E-state index is -0.671. The third-order valence-electron chi connectivity index (χ3n) is 9.43. The highest BCUT2D eigenvalue weighted by Gasteiger charge is 2.40. The average Bonchev–Trinajstić information content (AvgIpc) is 3.88. The summed E-state index contributed by atoms with van der Waals surface area (Å²) in [7, 11) is 0. The summed E-state index contributed by atoms with van der Waals surface area (Å²) in [5, 5.41) is 20.0. The van der Waals surface area contributed by atoms with Gasteiger partial charge in [-0.3, -0.25) is 29.4 Å². The van der Waals surface area contributed by atoms with E-state index in [1.807, 2.05) is 35.1 Å². The highest BCUT2D eigenvalue weighted by molar-refractivity contribution is 6.06. The summed E-state index contributed by atoms with van der Waals surface area (Å²) in [6.45, 7) is 3.57. The lowest BCUT2D eigenvalue weighted by molar-refractivity contribution is -0.136. The van der Waals surface area contributed by atoms with Crippen molar-refractivity contribution in [1.29, 1.82) is 0 Å². The molecule has 1 saturated heterocycles. The number of amides is 3. The van der Waals surface area contributed by atoms with Crippen LogP contribution in [0.3, 0.4) is 0 Å². The Balaban J connectivity index is 0.802. The van der Waals surface area contributed by atoms with Gasteiger partial charge in [-0.15, -0.1) is 0 Å². The number of pyridine rings is 1. The minimum absolute atomic E-state index is 0.207. The summed E-state index contributed by atoms with van der Waals surface area (Å²) < 4.78 is 25.0. The number of carbonyl (C=O) groups excluding carboxylic acids is 3. The zero-order valence-corrected chi connectivity index (χ0v) is 28.7. The number of ether oxygens (including phenoxy) is 4. The maximum atomic E-state index is 13.0. The van der Waals surface area contributed by atoms with Gasteiger partial charge in [0, 0.05) is 52.8 Å². The molecule has 2 aromatic heterocycles. The van der Waals surface area contributed by atoms with Gasteiger partial charge in [-0.1, -0.05) is 29.4 Å². The molecule has 1 aliphatic carbocycles. The van der Waals surface area contributed by atoms with Gasteiger partial charge < -0.3 is 29.1 Å². The number of benzene rings is 2. The van der Waals surface area contributed by atoms with E-state index in [1.165, 1.54) is 4.90 Å². The summed E-state index contributed by atoms with van der Waals surface area (Å²) in [6.07, 6.45) is 7.64. The number of fused-ring (bicyclic) bond motifs is 2. The molecule has 14 heteroatoms. The van der Waals surface area contributed by atoms with E-state index in [2.05, 4.69) is 21.5 Å². The van der Waals surface area contributed by atoms with Crippen molar-refractivity contribution in [3.05, 3.63) is 89.4 Å². The molecule has 1 atom stereocenters. The summed E-state index contributed by atoms with van der Waals surface area (Å²) in [6, 6.07) is 14.7. The van der Waals surface area contributed by atoms with E-state index in [0.717, 1.165) is 57.6 Å². The number of oxime groups is 1. The largest absolute Gasteiger partial charge is 0.491 e. The number of aromatic nitrogens is 3. The van der Waals surface area contributed by atoms with Crippen LogP contribution in [0, 0.1) is 0 Å². The smallest absolute Gasteiger partial charge is 0.255 e. The third kappa shape index (κ3) is 7.73. The maximum absolute atomic E-state index is 13.0. The minimum Gasteiger partial charge on any atom is -0.491 e. The first-order valence-electron chi connectivity index (χ1n) is 17.4. The lowest BCUT2D eigenvalue weighted by atomic mass is 9.98. The fourth-order valence-electron chi connectivity index (χ4n) is 6.81. The van der Waals surface area contributed by atoms with Gasteiger partial charge in [0.15, 0.2) is 0 Å². The van der Waals surface area contributed by atoms with Gasteiger partial charge in [0.25, 0.3) is 5.91 Å². The molecule has 1 fully saturated rings. The van der Waals surface area contributed by atoms with Crippen LogP contribution < -0.4 is 10.1 Å². The van der Waals surface area contributed by atoms with Gasteiger partial charge in [0.2, 0.25) is 11.8 Å². The van der Waals surface area contributed by atoms with E-state index in [9.17, 15) is 19.6 Å². The molecule has 4 heterocycles. The Morgan fingerprint density at radius 3 is 2.37 bits per heavy atom. The predicted octanol–water partition coefficient (Wildman–Crippen LogP) is 3.63. The highest BCUT2D eigenvalue weighted by atomic mass is 16.6. The number of rotatable bonds is 16. The van der Waals surface area contributed by atoms with Gasteiger partial charge in [-0.2, -0.15) is 5.10 Å². The van der Waals surface area contributed by atoms with Crippen LogP contribution >= 0.6 is 0 Å². The molecule has 2 aliphatic heterocycles. The standard InChI is InChI=1S/C38H40N6O8/c45-35-9-8-33(37(46)40-35)44-24-31-29(38(44)47)2-1-3-34(31)52-21-20-51-19-18-50-17-16-49-15-14-43-23-30(36(41-43)25-10-12-39-13-11-25)27-4-6-28-26(22-27)5-7-32(28)42-48/h1-4,6,10-13,22-23,33,48H,5,7-9,14-21,24H2,(H,40,45,46)/b42-32+. The quantitative estimate of drug-likeness (QED) is 0.0760. The number of carbonyl (C=O) groups is 3. The second-order valence-electron chi connectivity index (χ2n) is 12.7. The normalized spacial score (nSPS) is 17.5. The lowest BCUT2D eigenvalue weighted by Crippen LogP contribution is -2.52. The molecule has 4 aromatic rings. The number of nitrogens with one attached hydrogen (secondary N) is 1. The van der Waals surface area contributed by atoms with E-state index >= 15 is 0 Å². The van der Waals surface area contributed by atoms with Gasteiger partial charge in [0.05, 0.1) is 58.4 Å². The lowest BCUT2D eigenvalue weighted by Gasteiger charge is -2.29. The zero-order chi connectivity index (χ0) is 35.9. The molecule has 3 amide bonds. The number of aryl methyl sites for hydroxylation is 1. The van der Waals surface area contributed by atoms with Crippen LogP contribution in [0.2, 0.25) is 0 Å². The van der Waals surface area contributed by atoms with Crippen LogP contribution in [-0.4, -0.2) is 101 Å². The van der Waals surface area contributed by atoms with E-state index in [1.54, 1.807) is 30.6 Å². The Bertz CT molecular complexity index is 1960. The summed E-state index contributed by atoms with van der Waals surface area (Å²) in [5.41, 5.74) is 8.02. The molecule has 3 aliphatic rings. The van der Waals surface area contributed by atoms with Crippen molar-refractivity contribution >= 4 is 23.4 Å². The molecule has 270 valence electrons. The molecule has 0 saturated carbocycles. The first kappa shape index (κ1) is 35.0. The second-order valence-corrected chi connectivity index (χ2v) is 12.7. The van der Waals surface area contributed by atoms with Crippen LogP contribution in [0.15, 0.2) is 72.3 Å². The molecular weight excluding hydrogens is 668 g/mol. The average molecular weight is 709 g/mol.